The Morgan fingerprint density at radius 1 is 1.29 bits per heavy atom. The molecule has 1 aromatic carbocycles. The second-order valence-electron chi connectivity index (χ2n) is 5.96. The van der Waals surface area contributed by atoms with Crippen molar-refractivity contribution in [2.45, 2.75) is 39.3 Å². The summed E-state index contributed by atoms with van der Waals surface area (Å²) in [7, 11) is 0. The normalized spacial score (nSPS) is 14.2. The van der Waals surface area contributed by atoms with Gasteiger partial charge in [-0.15, -0.1) is 0 Å². The van der Waals surface area contributed by atoms with E-state index in [1.165, 1.54) is 24.3 Å². The van der Waals surface area contributed by atoms with E-state index in [0.717, 1.165) is 11.5 Å². The zero-order chi connectivity index (χ0) is 17.3. The molecule has 5 nitrogen and oxygen atoms in total. The summed E-state index contributed by atoms with van der Waals surface area (Å²) in [4.78, 5) is 18.7. The van der Waals surface area contributed by atoms with Crippen LogP contribution in [0.4, 0.5) is 8.78 Å². The molecular formula is C17H18F2N2O3. The van der Waals surface area contributed by atoms with Gasteiger partial charge in [-0.1, -0.05) is 13.8 Å². The van der Waals surface area contributed by atoms with E-state index >= 15 is 0 Å². The molecule has 0 bridgehead atoms. The smallest absolute Gasteiger partial charge is 0.387 e. The van der Waals surface area contributed by atoms with Gasteiger partial charge in [-0.25, -0.2) is 4.98 Å². The number of nitrogens with zero attached hydrogens (tertiary/aromatic N) is 2. The van der Waals surface area contributed by atoms with Crippen molar-refractivity contribution in [2.24, 2.45) is 0 Å². The minimum absolute atomic E-state index is 0.0283. The molecule has 0 N–H and O–H groups in total. The van der Waals surface area contributed by atoms with Crippen LogP contribution in [0.5, 0.6) is 5.75 Å². The fraction of sp³-hybridized carbons (Fsp3) is 0.412. The lowest BCUT2D eigenvalue weighted by Gasteiger charge is -2.25. The van der Waals surface area contributed by atoms with Gasteiger partial charge in [-0.3, -0.25) is 4.79 Å². The van der Waals surface area contributed by atoms with E-state index in [-0.39, 0.29) is 17.6 Å². The highest BCUT2D eigenvalue weighted by Crippen LogP contribution is 2.25. The van der Waals surface area contributed by atoms with Gasteiger partial charge in [0.2, 0.25) is 0 Å². The predicted molar refractivity (Wildman–Crippen MR) is 82.1 cm³/mol. The molecule has 3 rings (SSSR count). The molecule has 0 spiro atoms. The van der Waals surface area contributed by atoms with Crippen molar-refractivity contribution in [3.05, 3.63) is 47.2 Å². The minimum Gasteiger partial charge on any atom is -0.445 e. The second-order valence-corrected chi connectivity index (χ2v) is 5.96. The molecule has 1 amide bonds. The van der Waals surface area contributed by atoms with Gasteiger partial charge in [0.25, 0.3) is 5.91 Å². The van der Waals surface area contributed by atoms with Crippen LogP contribution in [0.2, 0.25) is 0 Å². The quantitative estimate of drug-likeness (QED) is 0.856. The van der Waals surface area contributed by atoms with Crippen LogP contribution in [0.25, 0.3) is 0 Å². The summed E-state index contributed by atoms with van der Waals surface area (Å²) in [6, 6.07) is 5.69. The third-order valence-corrected chi connectivity index (χ3v) is 3.85. The van der Waals surface area contributed by atoms with E-state index in [1.807, 2.05) is 13.8 Å². The number of carbonyl (C=O) groups excluding carboxylic acids is 1. The number of alkyl halides is 2. The lowest BCUT2D eigenvalue weighted by molar-refractivity contribution is -0.0498. The molecule has 2 heterocycles. The number of aromatic nitrogens is 1. The molecule has 7 heteroatoms. The maximum atomic E-state index is 12.6. The number of fused-ring (bicyclic) bond motifs is 1. The van der Waals surface area contributed by atoms with Gasteiger partial charge in [0.05, 0.1) is 6.54 Å². The molecule has 1 aromatic heterocycles. The molecule has 0 saturated heterocycles. The molecule has 0 fully saturated rings. The Balaban J connectivity index is 1.71. The first-order valence-electron chi connectivity index (χ1n) is 7.76. The van der Waals surface area contributed by atoms with E-state index < -0.39 is 6.61 Å². The molecule has 128 valence electrons. The molecule has 2 aromatic rings. The van der Waals surface area contributed by atoms with Crippen LogP contribution in [0, 0.1) is 0 Å². The molecule has 1 aliphatic heterocycles. The van der Waals surface area contributed by atoms with Crippen LogP contribution in [0.15, 0.2) is 28.7 Å². The molecule has 24 heavy (non-hydrogen) atoms. The van der Waals surface area contributed by atoms with Gasteiger partial charge in [-0.2, -0.15) is 8.78 Å². The number of amides is 1. The van der Waals surface area contributed by atoms with Crippen LogP contribution >= 0.6 is 0 Å². The average molecular weight is 336 g/mol. The van der Waals surface area contributed by atoms with Gasteiger partial charge < -0.3 is 14.1 Å². The fourth-order valence-corrected chi connectivity index (χ4v) is 2.60. The van der Waals surface area contributed by atoms with E-state index in [4.69, 9.17) is 4.42 Å². The van der Waals surface area contributed by atoms with Crippen LogP contribution in [0.3, 0.4) is 0 Å². The largest absolute Gasteiger partial charge is 0.445 e. The Morgan fingerprint density at radius 2 is 2.00 bits per heavy atom. The van der Waals surface area contributed by atoms with Gasteiger partial charge >= 0.3 is 6.61 Å². The van der Waals surface area contributed by atoms with Gasteiger partial charge in [-0.05, 0) is 24.3 Å². The van der Waals surface area contributed by atoms with Crippen molar-refractivity contribution >= 4 is 5.91 Å². The molecular weight excluding hydrogens is 318 g/mol. The highest BCUT2D eigenvalue weighted by Gasteiger charge is 2.26. The third-order valence-electron chi connectivity index (χ3n) is 3.85. The first-order valence-corrected chi connectivity index (χ1v) is 7.76. The zero-order valence-electron chi connectivity index (χ0n) is 13.5. The molecule has 0 aliphatic carbocycles. The number of ether oxygens (including phenoxy) is 1. The van der Waals surface area contributed by atoms with E-state index in [9.17, 15) is 13.6 Å². The Labute approximate surface area is 138 Å². The number of halogens is 2. The van der Waals surface area contributed by atoms with E-state index in [1.54, 1.807) is 4.90 Å². The Hall–Kier alpha value is -2.44. The highest BCUT2D eigenvalue weighted by molar-refractivity contribution is 5.94. The number of hydrogen-bond donors (Lipinski definition) is 0. The number of oxazole rings is 1. The predicted octanol–water partition coefficient (Wildman–Crippen LogP) is 3.60. The Morgan fingerprint density at radius 3 is 2.62 bits per heavy atom. The Kier molecular flexibility index (Phi) is 4.51. The lowest BCUT2D eigenvalue weighted by atomic mass is 10.1. The summed E-state index contributed by atoms with van der Waals surface area (Å²) >= 11 is 0. The van der Waals surface area contributed by atoms with Crippen molar-refractivity contribution in [3.8, 4) is 5.75 Å². The fourth-order valence-electron chi connectivity index (χ4n) is 2.60. The van der Waals surface area contributed by atoms with Crippen molar-refractivity contribution < 1.29 is 22.7 Å². The van der Waals surface area contributed by atoms with Crippen molar-refractivity contribution in [3.63, 3.8) is 0 Å². The number of hydrogen-bond acceptors (Lipinski definition) is 4. The second kappa shape index (κ2) is 6.59. The van der Waals surface area contributed by atoms with Crippen LogP contribution in [-0.2, 0) is 13.0 Å². The summed E-state index contributed by atoms with van der Waals surface area (Å²) in [5, 5.41) is 0. The summed E-state index contributed by atoms with van der Waals surface area (Å²) in [6.07, 6.45) is 0.618. The first kappa shape index (κ1) is 16.4. The van der Waals surface area contributed by atoms with Gasteiger partial charge in [0.1, 0.15) is 17.2 Å². The zero-order valence-corrected chi connectivity index (χ0v) is 13.5. The summed E-state index contributed by atoms with van der Waals surface area (Å²) in [5.74, 6) is 1.58. The average Bonchev–Trinajstić information content (AvgIpc) is 2.98. The topological polar surface area (TPSA) is 55.6 Å². The van der Waals surface area contributed by atoms with Crippen molar-refractivity contribution in [2.75, 3.05) is 6.54 Å². The molecule has 0 atom stereocenters. The summed E-state index contributed by atoms with van der Waals surface area (Å²) in [6.45, 7) is 2.05. The monoisotopic (exact) mass is 336 g/mol. The Bertz CT molecular complexity index is 726. The molecule has 0 saturated carbocycles. The third kappa shape index (κ3) is 3.39. The first-order chi connectivity index (χ1) is 11.4. The standard InChI is InChI=1S/C17H18F2N2O3/c1-10(2)15-20-13-9-21(8-7-14(13)24-15)16(22)11-3-5-12(6-4-11)23-17(18)19/h3-6,10,17H,7-9H2,1-2H3. The maximum Gasteiger partial charge on any atom is 0.387 e. The van der Waals surface area contributed by atoms with Crippen LogP contribution < -0.4 is 4.74 Å². The summed E-state index contributed by atoms with van der Waals surface area (Å²) in [5.41, 5.74) is 1.21. The van der Waals surface area contributed by atoms with Crippen LogP contribution in [-0.4, -0.2) is 28.9 Å². The van der Waals surface area contributed by atoms with Gasteiger partial charge in [0, 0.05) is 24.4 Å². The lowest BCUT2D eigenvalue weighted by Crippen LogP contribution is -2.35. The highest BCUT2D eigenvalue weighted by atomic mass is 19.3. The van der Waals surface area contributed by atoms with E-state index in [2.05, 4.69) is 9.72 Å². The SMILES string of the molecule is CC(C)c1nc2c(o1)CCN(C(=O)c1ccc(OC(F)F)cc1)C2. The minimum atomic E-state index is -2.88. The van der Waals surface area contributed by atoms with Gasteiger partial charge in [0.15, 0.2) is 5.89 Å². The summed E-state index contributed by atoms with van der Waals surface area (Å²) < 4.78 is 34.3. The maximum absolute atomic E-state index is 12.6. The van der Waals surface area contributed by atoms with Crippen LogP contribution in [0.1, 0.15) is 47.5 Å². The molecule has 0 unspecified atom stereocenters. The van der Waals surface area contributed by atoms with Crippen molar-refractivity contribution in [1.29, 1.82) is 0 Å². The number of rotatable bonds is 4. The molecule has 0 radical (unpaired) electrons. The number of carbonyl (C=O) groups is 1. The van der Waals surface area contributed by atoms with E-state index in [0.29, 0.717) is 31.0 Å². The molecule has 1 aliphatic rings. The van der Waals surface area contributed by atoms with Crippen molar-refractivity contribution in [1.82, 2.24) is 9.88 Å². The number of benzene rings is 1.